The number of aryl methyl sites for hydroxylation is 2. The fourth-order valence-corrected chi connectivity index (χ4v) is 2.67. The number of amides is 4. The molecule has 1 aliphatic rings. The van der Waals surface area contributed by atoms with E-state index in [1.54, 1.807) is 32.0 Å². The van der Waals surface area contributed by atoms with Crippen LogP contribution in [0.25, 0.3) is 0 Å². The van der Waals surface area contributed by atoms with Gasteiger partial charge in [-0.1, -0.05) is 35.0 Å². The second kappa shape index (κ2) is 6.04. The molecule has 1 aliphatic heterocycles. The van der Waals surface area contributed by atoms with Crippen LogP contribution in [0.15, 0.2) is 34.9 Å². The zero-order valence-corrected chi connectivity index (χ0v) is 14.1. The lowest BCUT2D eigenvalue weighted by Crippen LogP contribution is -2.42. The van der Waals surface area contributed by atoms with E-state index in [4.69, 9.17) is 4.52 Å². The van der Waals surface area contributed by atoms with Gasteiger partial charge in [0.2, 0.25) is 5.91 Å². The maximum atomic E-state index is 12.7. The van der Waals surface area contributed by atoms with Gasteiger partial charge in [-0.25, -0.2) is 4.79 Å². The Morgan fingerprint density at radius 3 is 2.56 bits per heavy atom. The first kappa shape index (κ1) is 16.7. The van der Waals surface area contributed by atoms with Crippen molar-refractivity contribution in [3.05, 3.63) is 47.2 Å². The lowest BCUT2D eigenvalue weighted by Gasteiger charge is -2.22. The van der Waals surface area contributed by atoms with Crippen LogP contribution in [0.2, 0.25) is 0 Å². The average molecular weight is 342 g/mol. The molecule has 0 radical (unpaired) electrons. The third-order valence-corrected chi connectivity index (χ3v) is 4.10. The van der Waals surface area contributed by atoms with Gasteiger partial charge in [0, 0.05) is 6.07 Å². The number of imide groups is 1. The molecule has 0 spiro atoms. The van der Waals surface area contributed by atoms with Gasteiger partial charge >= 0.3 is 6.03 Å². The van der Waals surface area contributed by atoms with Crippen molar-refractivity contribution >= 4 is 23.7 Å². The van der Waals surface area contributed by atoms with Crippen molar-refractivity contribution in [3.63, 3.8) is 0 Å². The molecule has 3 rings (SSSR count). The topological polar surface area (TPSA) is 105 Å². The molecular weight excluding hydrogens is 324 g/mol. The van der Waals surface area contributed by atoms with E-state index in [-0.39, 0.29) is 5.82 Å². The number of urea groups is 1. The van der Waals surface area contributed by atoms with E-state index in [1.807, 2.05) is 19.1 Å². The molecule has 25 heavy (non-hydrogen) atoms. The molecule has 2 heterocycles. The van der Waals surface area contributed by atoms with Crippen molar-refractivity contribution in [2.24, 2.45) is 0 Å². The number of nitrogens with one attached hydrogen (secondary N) is 2. The number of benzene rings is 1. The first-order valence-electron chi connectivity index (χ1n) is 7.74. The van der Waals surface area contributed by atoms with Gasteiger partial charge in [0.15, 0.2) is 5.82 Å². The van der Waals surface area contributed by atoms with E-state index >= 15 is 0 Å². The van der Waals surface area contributed by atoms with E-state index in [9.17, 15) is 14.4 Å². The van der Waals surface area contributed by atoms with E-state index in [1.165, 1.54) is 0 Å². The van der Waals surface area contributed by atoms with Crippen LogP contribution in [0.1, 0.15) is 23.8 Å². The zero-order chi connectivity index (χ0) is 18.2. The predicted molar refractivity (Wildman–Crippen MR) is 88.6 cm³/mol. The predicted octanol–water partition coefficient (Wildman–Crippen LogP) is 1.70. The molecule has 4 amide bonds. The summed E-state index contributed by atoms with van der Waals surface area (Å²) >= 11 is 0. The molecule has 1 aromatic carbocycles. The molecule has 1 saturated heterocycles. The van der Waals surface area contributed by atoms with Crippen LogP contribution in [-0.4, -0.2) is 34.4 Å². The molecular formula is C17H18N4O4. The van der Waals surface area contributed by atoms with Crippen LogP contribution in [0.3, 0.4) is 0 Å². The fraction of sp³-hybridized carbons (Fsp3) is 0.294. The zero-order valence-electron chi connectivity index (χ0n) is 14.1. The Morgan fingerprint density at radius 1 is 1.28 bits per heavy atom. The van der Waals surface area contributed by atoms with Gasteiger partial charge in [-0.05, 0) is 26.3 Å². The van der Waals surface area contributed by atoms with Gasteiger partial charge in [-0.15, -0.1) is 0 Å². The SMILES string of the molecule is Cc1ccc([C@@]2(C)NC(=O)N(CC(=O)Nc3cc(C)on3)C2=O)cc1. The van der Waals surface area contributed by atoms with Crippen molar-refractivity contribution in [2.45, 2.75) is 26.3 Å². The number of hydrogen-bond acceptors (Lipinski definition) is 5. The van der Waals surface area contributed by atoms with Crippen LogP contribution in [0.4, 0.5) is 10.6 Å². The third-order valence-electron chi connectivity index (χ3n) is 4.10. The normalized spacial score (nSPS) is 19.9. The smallest absolute Gasteiger partial charge is 0.325 e. The van der Waals surface area contributed by atoms with Crippen molar-refractivity contribution in [2.75, 3.05) is 11.9 Å². The first-order chi connectivity index (χ1) is 11.8. The van der Waals surface area contributed by atoms with Crippen LogP contribution in [0, 0.1) is 13.8 Å². The standard InChI is InChI=1S/C17H18N4O4/c1-10-4-6-12(7-5-10)17(3)15(23)21(16(24)19-17)9-14(22)18-13-8-11(2)25-20-13/h4-8H,9H2,1-3H3,(H,19,24)(H,18,20,22)/t17-/m1/s1. The Morgan fingerprint density at radius 2 is 1.96 bits per heavy atom. The van der Waals surface area contributed by atoms with Gasteiger partial charge in [0.1, 0.15) is 17.8 Å². The highest BCUT2D eigenvalue weighted by atomic mass is 16.5. The highest BCUT2D eigenvalue weighted by molar-refractivity contribution is 6.10. The molecule has 0 bridgehead atoms. The van der Waals surface area contributed by atoms with Crippen LogP contribution < -0.4 is 10.6 Å². The molecule has 0 unspecified atom stereocenters. The van der Waals surface area contributed by atoms with E-state index in [2.05, 4.69) is 15.8 Å². The Bertz CT molecular complexity index is 843. The number of aromatic nitrogens is 1. The number of rotatable bonds is 4. The molecule has 2 aromatic rings. The highest BCUT2D eigenvalue weighted by Crippen LogP contribution is 2.28. The van der Waals surface area contributed by atoms with Gasteiger partial charge in [0.25, 0.3) is 5.91 Å². The first-order valence-corrected chi connectivity index (χ1v) is 7.74. The van der Waals surface area contributed by atoms with Crippen molar-refractivity contribution < 1.29 is 18.9 Å². The van der Waals surface area contributed by atoms with Crippen molar-refractivity contribution in [3.8, 4) is 0 Å². The van der Waals surface area contributed by atoms with E-state index < -0.39 is 29.9 Å². The van der Waals surface area contributed by atoms with Crippen LogP contribution in [-0.2, 0) is 15.1 Å². The fourth-order valence-electron chi connectivity index (χ4n) is 2.67. The maximum Gasteiger partial charge on any atom is 0.325 e. The van der Waals surface area contributed by atoms with Gasteiger partial charge in [-0.2, -0.15) is 0 Å². The van der Waals surface area contributed by atoms with E-state index in [0.29, 0.717) is 11.3 Å². The largest absolute Gasteiger partial charge is 0.360 e. The summed E-state index contributed by atoms with van der Waals surface area (Å²) in [6, 6.07) is 8.23. The maximum absolute atomic E-state index is 12.7. The van der Waals surface area contributed by atoms with E-state index in [0.717, 1.165) is 10.5 Å². The molecule has 8 heteroatoms. The van der Waals surface area contributed by atoms with Crippen LogP contribution >= 0.6 is 0 Å². The summed E-state index contributed by atoms with van der Waals surface area (Å²) in [5.74, 6) is -0.245. The van der Waals surface area contributed by atoms with Crippen molar-refractivity contribution in [1.29, 1.82) is 0 Å². The monoisotopic (exact) mass is 342 g/mol. The second-order valence-corrected chi connectivity index (χ2v) is 6.18. The molecule has 0 saturated carbocycles. The van der Waals surface area contributed by atoms with Crippen molar-refractivity contribution in [1.82, 2.24) is 15.4 Å². The molecule has 2 N–H and O–H groups in total. The number of anilines is 1. The lowest BCUT2D eigenvalue weighted by atomic mass is 9.91. The summed E-state index contributed by atoms with van der Waals surface area (Å²) < 4.78 is 4.85. The minimum Gasteiger partial charge on any atom is -0.360 e. The summed E-state index contributed by atoms with van der Waals surface area (Å²) in [6.07, 6.45) is 0. The Labute approximate surface area is 144 Å². The van der Waals surface area contributed by atoms with Gasteiger partial charge in [0.05, 0.1) is 0 Å². The quantitative estimate of drug-likeness (QED) is 0.823. The third kappa shape index (κ3) is 3.10. The van der Waals surface area contributed by atoms with Crippen LogP contribution in [0.5, 0.6) is 0 Å². The number of carbonyl (C=O) groups is 3. The molecule has 0 aliphatic carbocycles. The van der Waals surface area contributed by atoms with Gasteiger partial charge < -0.3 is 15.2 Å². The number of hydrogen-bond donors (Lipinski definition) is 2. The summed E-state index contributed by atoms with van der Waals surface area (Å²) in [4.78, 5) is 37.9. The summed E-state index contributed by atoms with van der Waals surface area (Å²) in [5.41, 5.74) is 0.505. The number of nitrogens with zero attached hydrogens (tertiary/aromatic N) is 2. The summed E-state index contributed by atoms with van der Waals surface area (Å²) in [6.45, 7) is 4.84. The molecule has 1 atom stereocenters. The Balaban J connectivity index is 1.74. The average Bonchev–Trinajstić information content (AvgIpc) is 3.05. The molecule has 8 nitrogen and oxygen atoms in total. The van der Waals surface area contributed by atoms with Gasteiger partial charge in [-0.3, -0.25) is 14.5 Å². The Kier molecular flexibility index (Phi) is 4.03. The minimum atomic E-state index is -1.20. The molecule has 1 fully saturated rings. The summed E-state index contributed by atoms with van der Waals surface area (Å²) in [7, 11) is 0. The molecule has 130 valence electrons. The highest BCUT2D eigenvalue weighted by Gasteiger charge is 2.49. The second-order valence-electron chi connectivity index (χ2n) is 6.18. The Hall–Kier alpha value is -3.16. The summed E-state index contributed by atoms with van der Waals surface area (Å²) in [5, 5.41) is 8.79. The lowest BCUT2D eigenvalue weighted by molar-refractivity contribution is -0.133. The number of carbonyl (C=O) groups excluding carboxylic acids is 3. The minimum absolute atomic E-state index is 0.232. The molecule has 1 aromatic heterocycles.